The molecule has 0 bridgehead atoms. The number of allylic oxidation sites excluding steroid dienone is 1. The van der Waals surface area contributed by atoms with E-state index in [0.29, 0.717) is 34.5 Å². The number of carbonyl (C=O) groups excluding carboxylic acids is 2. The standard InChI is InChI=1S/C25H26Cl2N2O4/c1-14-8-17(15(2)29(14)20-11-18(26)10-19(27)12-20)9-22-23(25(31)32-4)16(3)28(24(22)30)13-21-6-5-7-33-21/h8-12,21H,5-7,13H2,1-4H3/b22-9-. The Kier molecular flexibility index (Phi) is 6.71. The van der Waals surface area contributed by atoms with Crippen molar-refractivity contribution in [2.45, 2.75) is 39.7 Å². The van der Waals surface area contributed by atoms with Gasteiger partial charge in [-0.05, 0) is 69.5 Å². The number of benzene rings is 1. The van der Waals surface area contributed by atoms with Crippen LogP contribution >= 0.6 is 23.2 Å². The van der Waals surface area contributed by atoms with Gasteiger partial charge >= 0.3 is 5.97 Å². The van der Waals surface area contributed by atoms with Crippen molar-refractivity contribution in [1.82, 2.24) is 9.47 Å². The van der Waals surface area contributed by atoms with Gasteiger partial charge in [-0.2, -0.15) is 0 Å². The number of ether oxygens (including phenoxy) is 2. The molecule has 4 rings (SSSR count). The average molecular weight is 489 g/mol. The highest BCUT2D eigenvalue weighted by Crippen LogP contribution is 2.34. The minimum absolute atomic E-state index is 0.0280. The first-order valence-corrected chi connectivity index (χ1v) is 11.6. The Morgan fingerprint density at radius 3 is 2.48 bits per heavy atom. The highest BCUT2D eigenvalue weighted by atomic mass is 35.5. The Morgan fingerprint density at radius 2 is 1.88 bits per heavy atom. The Balaban J connectivity index is 1.77. The fraction of sp³-hybridized carbons (Fsp3) is 0.360. The molecule has 1 unspecified atom stereocenters. The van der Waals surface area contributed by atoms with Crippen LogP contribution in [0.1, 0.15) is 36.7 Å². The summed E-state index contributed by atoms with van der Waals surface area (Å²) in [4.78, 5) is 27.7. The van der Waals surface area contributed by atoms with Crippen molar-refractivity contribution in [3.63, 3.8) is 0 Å². The van der Waals surface area contributed by atoms with Crippen LogP contribution in [0, 0.1) is 13.8 Å². The van der Waals surface area contributed by atoms with Crippen molar-refractivity contribution in [3.8, 4) is 5.69 Å². The number of carbonyl (C=O) groups is 2. The maximum Gasteiger partial charge on any atom is 0.340 e. The summed E-state index contributed by atoms with van der Waals surface area (Å²) >= 11 is 12.4. The summed E-state index contributed by atoms with van der Waals surface area (Å²) in [5.74, 6) is -0.753. The molecule has 1 aromatic carbocycles. The first-order chi connectivity index (χ1) is 15.7. The third-order valence-corrected chi connectivity index (χ3v) is 6.62. The molecule has 33 heavy (non-hydrogen) atoms. The minimum atomic E-state index is -0.530. The monoisotopic (exact) mass is 488 g/mol. The number of hydrogen-bond donors (Lipinski definition) is 0. The second-order valence-corrected chi connectivity index (χ2v) is 9.22. The van der Waals surface area contributed by atoms with E-state index in [9.17, 15) is 9.59 Å². The normalized spacial score (nSPS) is 19.8. The van der Waals surface area contributed by atoms with E-state index in [1.165, 1.54) is 7.11 Å². The molecular formula is C25H26Cl2N2O4. The van der Waals surface area contributed by atoms with Gasteiger partial charge in [0.05, 0.1) is 30.9 Å². The van der Waals surface area contributed by atoms with E-state index < -0.39 is 5.97 Å². The van der Waals surface area contributed by atoms with Crippen molar-refractivity contribution in [3.05, 3.63) is 68.1 Å². The molecular weight excluding hydrogens is 463 g/mol. The number of amides is 1. The molecule has 0 saturated carbocycles. The molecule has 1 saturated heterocycles. The average Bonchev–Trinajstić information content (AvgIpc) is 3.42. The van der Waals surface area contributed by atoms with E-state index in [4.69, 9.17) is 32.7 Å². The van der Waals surface area contributed by atoms with Gasteiger partial charge < -0.3 is 18.9 Å². The van der Waals surface area contributed by atoms with Crippen LogP contribution in [0.4, 0.5) is 0 Å². The van der Waals surface area contributed by atoms with Crippen molar-refractivity contribution >= 4 is 41.2 Å². The third-order valence-electron chi connectivity index (χ3n) is 6.19. The third kappa shape index (κ3) is 4.47. The van der Waals surface area contributed by atoms with Gasteiger partial charge in [-0.25, -0.2) is 4.79 Å². The van der Waals surface area contributed by atoms with Gasteiger partial charge in [0, 0.05) is 39.4 Å². The summed E-state index contributed by atoms with van der Waals surface area (Å²) in [7, 11) is 1.32. The molecule has 1 amide bonds. The first kappa shape index (κ1) is 23.6. The van der Waals surface area contributed by atoms with Crippen LogP contribution in [-0.2, 0) is 19.1 Å². The quantitative estimate of drug-likeness (QED) is 0.425. The lowest BCUT2D eigenvalue weighted by Gasteiger charge is -2.21. The Labute approximate surface area is 203 Å². The number of methoxy groups -OCH3 is 1. The van der Waals surface area contributed by atoms with Gasteiger partial charge in [0.25, 0.3) is 5.91 Å². The number of aryl methyl sites for hydroxylation is 1. The summed E-state index contributed by atoms with van der Waals surface area (Å²) in [5.41, 5.74) is 4.68. The molecule has 8 heteroatoms. The van der Waals surface area contributed by atoms with E-state index in [0.717, 1.165) is 35.5 Å². The lowest BCUT2D eigenvalue weighted by molar-refractivity contribution is -0.136. The van der Waals surface area contributed by atoms with Crippen LogP contribution in [0.25, 0.3) is 11.8 Å². The second kappa shape index (κ2) is 9.37. The van der Waals surface area contributed by atoms with Crippen LogP contribution in [0.2, 0.25) is 10.0 Å². The van der Waals surface area contributed by atoms with E-state index in [1.807, 2.05) is 36.6 Å². The molecule has 1 fully saturated rings. The Hall–Kier alpha value is -2.54. The van der Waals surface area contributed by atoms with Crippen molar-refractivity contribution in [1.29, 1.82) is 0 Å². The van der Waals surface area contributed by atoms with Gasteiger partial charge in [-0.15, -0.1) is 0 Å². The molecule has 0 spiro atoms. The molecule has 6 nitrogen and oxygen atoms in total. The van der Waals surface area contributed by atoms with Crippen LogP contribution < -0.4 is 0 Å². The van der Waals surface area contributed by atoms with E-state index >= 15 is 0 Å². The molecule has 3 heterocycles. The molecule has 1 aromatic heterocycles. The number of hydrogen-bond acceptors (Lipinski definition) is 4. The smallest absolute Gasteiger partial charge is 0.340 e. The first-order valence-electron chi connectivity index (χ1n) is 10.8. The fourth-order valence-electron chi connectivity index (χ4n) is 4.59. The topological polar surface area (TPSA) is 60.8 Å². The largest absolute Gasteiger partial charge is 0.465 e. The zero-order valence-corrected chi connectivity index (χ0v) is 20.6. The van der Waals surface area contributed by atoms with Gasteiger partial charge in [-0.1, -0.05) is 23.2 Å². The van der Waals surface area contributed by atoms with Crippen molar-refractivity contribution < 1.29 is 19.1 Å². The van der Waals surface area contributed by atoms with Gasteiger partial charge in [0.15, 0.2) is 0 Å². The summed E-state index contributed by atoms with van der Waals surface area (Å²) in [6, 6.07) is 7.31. The highest BCUT2D eigenvalue weighted by molar-refractivity contribution is 6.34. The fourth-order valence-corrected chi connectivity index (χ4v) is 5.11. The SMILES string of the molecule is COC(=O)C1=C(C)N(CC2CCCO2)C(=O)/C1=C\c1cc(C)n(-c2cc(Cl)cc(Cl)c2)c1C. The van der Waals surface area contributed by atoms with Crippen LogP contribution in [0.3, 0.4) is 0 Å². The number of aromatic nitrogens is 1. The predicted octanol–water partition coefficient (Wildman–Crippen LogP) is 5.25. The van der Waals surface area contributed by atoms with E-state index in [1.54, 1.807) is 24.0 Å². The predicted molar refractivity (Wildman–Crippen MR) is 129 cm³/mol. The highest BCUT2D eigenvalue weighted by Gasteiger charge is 2.38. The van der Waals surface area contributed by atoms with E-state index in [2.05, 4.69) is 0 Å². The minimum Gasteiger partial charge on any atom is -0.465 e. The van der Waals surface area contributed by atoms with Crippen LogP contribution in [-0.4, -0.2) is 47.7 Å². The lowest BCUT2D eigenvalue weighted by Crippen LogP contribution is -2.33. The molecule has 0 N–H and O–H groups in total. The summed E-state index contributed by atoms with van der Waals surface area (Å²) in [5, 5.41) is 1.07. The van der Waals surface area contributed by atoms with Crippen LogP contribution in [0.5, 0.6) is 0 Å². The number of esters is 1. The summed E-state index contributed by atoms with van der Waals surface area (Å²) in [6.07, 6.45) is 3.60. The van der Waals surface area contributed by atoms with Gasteiger partial charge in [0.2, 0.25) is 0 Å². The molecule has 0 aliphatic carbocycles. The number of nitrogens with zero attached hydrogens (tertiary/aromatic N) is 2. The summed E-state index contributed by atoms with van der Waals surface area (Å²) < 4.78 is 12.7. The molecule has 1 atom stereocenters. The van der Waals surface area contributed by atoms with Gasteiger partial charge in [0.1, 0.15) is 0 Å². The molecule has 2 aliphatic heterocycles. The van der Waals surface area contributed by atoms with Crippen molar-refractivity contribution in [2.24, 2.45) is 0 Å². The lowest BCUT2D eigenvalue weighted by atomic mass is 10.0. The van der Waals surface area contributed by atoms with E-state index in [-0.39, 0.29) is 17.6 Å². The number of halogens is 2. The molecule has 2 aliphatic rings. The molecule has 0 radical (unpaired) electrons. The Bertz CT molecular complexity index is 1170. The van der Waals surface area contributed by atoms with Crippen molar-refractivity contribution in [2.75, 3.05) is 20.3 Å². The molecule has 174 valence electrons. The summed E-state index contributed by atoms with van der Waals surface area (Å²) in [6.45, 7) is 6.81. The number of rotatable bonds is 5. The molecule has 2 aromatic rings. The van der Waals surface area contributed by atoms with Crippen LogP contribution in [0.15, 0.2) is 41.1 Å². The second-order valence-electron chi connectivity index (χ2n) is 8.35. The maximum absolute atomic E-state index is 13.4. The Morgan fingerprint density at radius 1 is 1.18 bits per heavy atom. The maximum atomic E-state index is 13.4. The zero-order valence-electron chi connectivity index (χ0n) is 19.1. The zero-order chi connectivity index (χ0) is 23.9. The van der Waals surface area contributed by atoms with Gasteiger partial charge in [-0.3, -0.25) is 4.79 Å².